The first-order valence-electron chi connectivity index (χ1n) is 13.9. The van der Waals surface area contributed by atoms with Crippen LogP contribution in [0.25, 0.3) is 0 Å². The highest BCUT2D eigenvalue weighted by Crippen LogP contribution is 2.46. The molecule has 4 rings (SSSR count). The quantitative estimate of drug-likeness (QED) is 0.316. The maximum atomic E-state index is 13.5. The van der Waals surface area contributed by atoms with Gasteiger partial charge < -0.3 is 29.3 Å². The molecule has 1 saturated heterocycles. The topological polar surface area (TPSA) is 113 Å². The number of methoxy groups -OCH3 is 2. The summed E-state index contributed by atoms with van der Waals surface area (Å²) in [5.74, 6) is 1.47. The normalized spacial score (nSPS) is 13.3. The van der Waals surface area contributed by atoms with Crippen molar-refractivity contribution >= 4 is 64.0 Å². The molecule has 2 heterocycles. The van der Waals surface area contributed by atoms with Crippen molar-refractivity contribution in [3.8, 4) is 11.5 Å². The minimum absolute atomic E-state index is 0.168. The van der Waals surface area contributed by atoms with Gasteiger partial charge in [0.2, 0.25) is 0 Å². The molecule has 1 aromatic heterocycles. The van der Waals surface area contributed by atoms with E-state index in [0.717, 1.165) is 11.4 Å². The Balaban J connectivity index is 1.41. The fourth-order valence-corrected chi connectivity index (χ4v) is 5.32. The molecule has 3 amide bonds. The van der Waals surface area contributed by atoms with Gasteiger partial charge in [0.15, 0.2) is 0 Å². The van der Waals surface area contributed by atoms with Crippen molar-refractivity contribution in [3.05, 3.63) is 52.8 Å². The van der Waals surface area contributed by atoms with Crippen LogP contribution in [-0.4, -0.2) is 87.1 Å². The van der Waals surface area contributed by atoms with Crippen molar-refractivity contribution in [2.45, 2.75) is 26.4 Å². The lowest BCUT2D eigenvalue weighted by atomic mass is 10.2. The number of nitrogens with one attached hydrogen (secondary N) is 1. The zero-order valence-corrected chi connectivity index (χ0v) is 27.4. The third kappa shape index (κ3) is 7.48. The minimum atomic E-state index is -0.517. The molecule has 12 nitrogen and oxygen atoms in total. The van der Waals surface area contributed by atoms with Crippen LogP contribution in [0, 0.1) is 0 Å². The van der Waals surface area contributed by atoms with Crippen LogP contribution in [0.2, 0.25) is 10.0 Å². The van der Waals surface area contributed by atoms with Crippen molar-refractivity contribution in [1.82, 2.24) is 14.9 Å². The zero-order chi connectivity index (χ0) is 32.2. The first-order valence-corrected chi connectivity index (χ1v) is 14.6. The highest BCUT2D eigenvalue weighted by molar-refractivity contribution is 6.42. The Kier molecular flexibility index (Phi) is 10.2. The summed E-state index contributed by atoms with van der Waals surface area (Å²) in [6, 6.07) is 10.7. The van der Waals surface area contributed by atoms with Gasteiger partial charge in [0.05, 0.1) is 19.9 Å². The van der Waals surface area contributed by atoms with Gasteiger partial charge in [-0.05, 0) is 45.0 Å². The lowest BCUT2D eigenvalue weighted by Gasteiger charge is -2.36. The third-order valence-corrected chi connectivity index (χ3v) is 7.62. The second-order valence-electron chi connectivity index (χ2n) is 11.0. The summed E-state index contributed by atoms with van der Waals surface area (Å²) in [4.78, 5) is 41.0. The Bertz CT molecular complexity index is 1460. The number of ether oxygens (including phenoxy) is 3. The van der Waals surface area contributed by atoms with E-state index in [9.17, 15) is 9.59 Å². The second-order valence-corrected chi connectivity index (χ2v) is 11.8. The lowest BCUT2D eigenvalue weighted by molar-refractivity contribution is 0.0240. The molecular weight excluding hydrogens is 609 g/mol. The number of anilines is 5. The summed E-state index contributed by atoms with van der Waals surface area (Å²) >= 11 is 13.0. The fraction of sp³-hybridized carbons (Fsp3) is 0.400. The van der Waals surface area contributed by atoms with Crippen molar-refractivity contribution in [3.63, 3.8) is 0 Å². The molecule has 1 aliphatic heterocycles. The number of aromatic nitrogens is 2. The third-order valence-electron chi connectivity index (χ3n) is 6.89. The van der Waals surface area contributed by atoms with Gasteiger partial charge >= 0.3 is 12.1 Å². The van der Waals surface area contributed by atoms with Crippen LogP contribution >= 0.6 is 23.2 Å². The number of rotatable bonds is 7. The molecule has 0 unspecified atom stereocenters. The van der Waals surface area contributed by atoms with Gasteiger partial charge in [0.1, 0.15) is 45.1 Å². The molecule has 44 heavy (non-hydrogen) atoms. The molecule has 2 aromatic carbocycles. The van der Waals surface area contributed by atoms with Crippen molar-refractivity contribution in [1.29, 1.82) is 0 Å². The van der Waals surface area contributed by atoms with Gasteiger partial charge in [0, 0.05) is 63.8 Å². The number of halogens is 2. The summed E-state index contributed by atoms with van der Waals surface area (Å²) in [5.41, 5.74) is 1.57. The first kappa shape index (κ1) is 32.7. The molecule has 1 N–H and O–H groups in total. The van der Waals surface area contributed by atoms with Crippen molar-refractivity contribution in [2.75, 3.05) is 74.5 Å². The molecular formula is C30H37Cl2N7O5. The van der Waals surface area contributed by atoms with E-state index in [-0.39, 0.29) is 21.8 Å². The van der Waals surface area contributed by atoms with Gasteiger partial charge in [-0.1, -0.05) is 23.2 Å². The number of piperazine rings is 1. The van der Waals surface area contributed by atoms with Crippen LogP contribution in [-0.2, 0) is 4.74 Å². The van der Waals surface area contributed by atoms with Crippen molar-refractivity contribution < 1.29 is 23.8 Å². The molecule has 0 aliphatic carbocycles. The smallest absolute Gasteiger partial charge is 0.410 e. The summed E-state index contributed by atoms with van der Waals surface area (Å²) < 4.78 is 16.1. The molecule has 0 saturated carbocycles. The van der Waals surface area contributed by atoms with Gasteiger partial charge in [-0.15, -0.1) is 0 Å². The highest BCUT2D eigenvalue weighted by atomic mass is 35.5. The lowest BCUT2D eigenvalue weighted by Crippen LogP contribution is -2.50. The fourth-order valence-electron chi connectivity index (χ4n) is 4.56. The number of carbonyl (C=O) groups excluding carboxylic acids is 2. The Labute approximate surface area is 267 Å². The maximum Gasteiger partial charge on any atom is 0.410 e. The number of amides is 3. The molecule has 236 valence electrons. The highest BCUT2D eigenvalue weighted by Gasteiger charge is 2.28. The molecule has 14 heteroatoms. The van der Waals surface area contributed by atoms with E-state index in [1.54, 1.807) is 31.1 Å². The van der Waals surface area contributed by atoms with E-state index in [2.05, 4.69) is 20.2 Å². The molecule has 0 atom stereocenters. The van der Waals surface area contributed by atoms with Crippen LogP contribution in [0.5, 0.6) is 11.5 Å². The Morgan fingerprint density at radius 2 is 1.48 bits per heavy atom. The Morgan fingerprint density at radius 3 is 2.02 bits per heavy atom. The first-order chi connectivity index (χ1) is 20.8. The van der Waals surface area contributed by atoms with E-state index in [0.29, 0.717) is 49.3 Å². The van der Waals surface area contributed by atoms with E-state index in [1.807, 2.05) is 45.0 Å². The number of hydrogen-bond acceptors (Lipinski definition) is 9. The molecule has 1 aliphatic rings. The summed E-state index contributed by atoms with van der Waals surface area (Å²) in [6.07, 6.45) is 1.09. The molecule has 0 bridgehead atoms. The van der Waals surface area contributed by atoms with Gasteiger partial charge in [-0.2, -0.15) is 0 Å². The Hall–Kier alpha value is -4.16. The summed E-state index contributed by atoms with van der Waals surface area (Å²) in [5, 5.41) is 3.59. The van der Waals surface area contributed by atoms with E-state index >= 15 is 0 Å². The van der Waals surface area contributed by atoms with Crippen LogP contribution in [0.1, 0.15) is 20.8 Å². The number of carbonyl (C=O) groups is 2. The number of hydrogen-bond donors (Lipinski definition) is 1. The second kappa shape index (κ2) is 13.6. The van der Waals surface area contributed by atoms with Crippen LogP contribution in [0.15, 0.2) is 42.7 Å². The molecule has 0 spiro atoms. The molecule has 1 fully saturated rings. The molecule has 3 aromatic rings. The molecule has 0 radical (unpaired) electrons. The van der Waals surface area contributed by atoms with Crippen LogP contribution in [0.4, 0.5) is 38.3 Å². The minimum Gasteiger partial charge on any atom is -0.495 e. The maximum absolute atomic E-state index is 13.5. The van der Waals surface area contributed by atoms with E-state index in [1.165, 1.54) is 30.3 Å². The summed E-state index contributed by atoms with van der Waals surface area (Å²) in [6.45, 7) is 8.18. The number of urea groups is 1. The van der Waals surface area contributed by atoms with E-state index < -0.39 is 11.6 Å². The predicted octanol–water partition coefficient (Wildman–Crippen LogP) is 6.29. The number of nitrogens with zero attached hydrogens (tertiary/aromatic N) is 6. The average molecular weight is 647 g/mol. The standard InChI is InChI=1S/C30H37Cl2N7O5/c1-30(2,3)44-29(41)39-14-12-38(13-15-39)20-10-8-19(9-11-20)35-23-17-24(34-18-33-23)36(4)28(40)37(5)27-25(31)21(42-6)16-22(43-7)26(27)32/h8-11,16-18H,12-15H2,1-7H3,(H,33,34,35). The largest absolute Gasteiger partial charge is 0.495 e. The van der Waals surface area contributed by atoms with Crippen molar-refractivity contribution in [2.24, 2.45) is 0 Å². The predicted molar refractivity (Wildman–Crippen MR) is 174 cm³/mol. The van der Waals surface area contributed by atoms with Crippen LogP contribution in [0.3, 0.4) is 0 Å². The monoisotopic (exact) mass is 645 g/mol. The Morgan fingerprint density at radius 1 is 0.886 bits per heavy atom. The van der Waals surface area contributed by atoms with Gasteiger partial charge in [-0.25, -0.2) is 19.6 Å². The average Bonchev–Trinajstić information content (AvgIpc) is 3.00. The van der Waals surface area contributed by atoms with E-state index in [4.69, 9.17) is 37.4 Å². The van der Waals surface area contributed by atoms with Crippen LogP contribution < -0.4 is 29.5 Å². The van der Waals surface area contributed by atoms with Gasteiger partial charge in [0.25, 0.3) is 0 Å². The SMILES string of the molecule is COc1cc(OC)c(Cl)c(N(C)C(=O)N(C)c2cc(Nc3ccc(N4CCN(C(=O)OC(C)(C)C)CC4)cc3)ncn2)c1Cl. The van der Waals surface area contributed by atoms with Gasteiger partial charge in [-0.3, -0.25) is 9.80 Å². The number of benzene rings is 2. The summed E-state index contributed by atoms with van der Waals surface area (Å²) in [7, 11) is 6.06. The zero-order valence-electron chi connectivity index (χ0n) is 25.9.